The summed E-state index contributed by atoms with van der Waals surface area (Å²) in [6, 6.07) is 40.4. The molecule has 12 heteroatoms. The normalized spacial score (nSPS) is 14.2. The molecule has 12 nitrogen and oxygen atoms in total. The molecule has 0 spiro atoms. The first-order valence-electron chi connectivity index (χ1n) is 20.3. The number of anilines is 4. The first kappa shape index (κ1) is 40.7. The van der Waals surface area contributed by atoms with Crippen molar-refractivity contribution in [1.29, 1.82) is 0 Å². The molecular formula is C47H50N6O6. The summed E-state index contributed by atoms with van der Waals surface area (Å²) in [6.07, 6.45) is 1.52. The molecule has 0 aromatic heterocycles. The van der Waals surface area contributed by atoms with Gasteiger partial charge in [-0.2, -0.15) is 10.0 Å². The van der Waals surface area contributed by atoms with Crippen LogP contribution in [0.25, 0.3) is 22.3 Å². The Hall–Kier alpha value is -6.50. The van der Waals surface area contributed by atoms with Gasteiger partial charge in [-0.25, -0.2) is 9.59 Å². The zero-order valence-electron chi connectivity index (χ0n) is 33.0. The van der Waals surface area contributed by atoms with Crippen LogP contribution in [0.5, 0.6) is 0 Å². The summed E-state index contributed by atoms with van der Waals surface area (Å²) >= 11 is 0. The molecule has 1 saturated heterocycles. The van der Waals surface area contributed by atoms with Crippen molar-refractivity contribution in [2.75, 3.05) is 53.4 Å². The lowest BCUT2D eigenvalue weighted by molar-refractivity contribution is -0.117. The van der Waals surface area contributed by atoms with Crippen molar-refractivity contribution in [1.82, 2.24) is 10.2 Å². The van der Waals surface area contributed by atoms with E-state index < -0.39 is 18.3 Å². The molecule has 59 heavy (non-hydrogen) atoms. The summed E-state index contributed by atoms with van der Waals surface area (Å²) in [4.78, 5) is 55.4. The molecule has 2 fully saturated rings. The number of hydrazine groups is 1. The maximum Gasteiger partial charge on any atom is 0.434 e. The zero-order chi connectivity index (χ0) is 41.0. The number of hydrogen-bond acceptors (Lipinski definition) is 7. The van der Waals surface area contributed by atoms with Crippen molar-refractivity contribution in [3.8, 4) is 22.3 Å². The molecule has 5 aromatic carbocycles. The van der Waals surface area contributed by atoms with Crippen molar-refractivity contribution < 1.29 is 29.0 Å². The minimum absolute atomic E-state index is 0.0804. The number of carbonyl (C=O) groups is 4. The first-order chi connectivity index (χ1) is 28.8. The molecule has 4 amide bonds. The molecule has 1 saturated carbocycles. The number of ether oxygens (including phenoxy) is 1. The number of carbonyl (C=O) groups excluding carboxylic acids is 3. The lowest BCUT2D eigenvalue weighted by Gasteiger charge is -2.36. The molecule has 0 bridgehead atoms. The van der Waals surface area contributed by atoms with Crippen LogP contribution >= 0.6 is 0 Å². The summed E-state index contributed by atoms with van der Waals surface area (Å²) in [6.45, 7) is 3.28. The van der Waals surface area contributed by atoms with Gasteiger partial charge in [0.1, 0.15) is 6.10 Å². The van der Waals surface area contributed by atoms with Gasteiger partial charge in [0.05, 0.1) is 11.4 Å². The first-order valence-corrected chi connectivity index (χ1v) is 20.3. The van der Waals surface area contributed by atoms with Gasteiger partial charge < -0.3 is 30.7 Å². The van der Waals surface area contributed by atoms with E-state index >= 15 is 0 Å². The third-order valence-electron chi connectivity index (χ3n) is 10.5. The Morgan fingerprint density at radius 1 is 0.627 bits per heavy atom. The SMILES string of the molecule is O=C(CCNCC1CC1)Nc1cccc(NC(=O)CCN2CCC(OC(=O)N(c3ccccc3-c3ccccc3)N(C(=O)O)c3ccccc3-c3ccccc3)CC2)c1. The van der Waals surface area contributed by atoms with Crippen LogP contribution in [-0.4, -0.2) is 72.8 Å². The number of rotatable bonds is 15. The van der Waals surface area contributed by atoms with Crippen LogP contribution in [0.4, 0.5) is 32.3 Å². The number of nitrogens with zero attached hydrogens (tertiary/aromatic N) is 3. The van der Waals surface area contributed by atoms with E-state index in [9.17, 15) is 24.3 Å². The highest BCUT2D eigenvalue weighted by atomic mass is 16.6. The quantitative estimate of drug-likeness (QED) is 0.0608. The Morgan fingerprint density at radius 3 is 1.71 bits per heavy atom. The molecule has 1 aliphatic heterocycles. The van der Waals surface area contributed by atoms with E-state index in [0.717, 1.165) is 33.6 Å². The summed E-state index contributed by atoms with van der Waals surface area (Å²) in [5.74, 6) is 0.530. The molecule has 1 aliphatic carbocycles. The zero-order valence-corrected chi connectivity index (χ0v) is 33.0. The van der Waals surface area contributed by atoms with Gasteiger partial charge in [0.25, 0.3) is 0 Å². The van der Waals surface area contributed by atoms with Gasteiger partial charge in [0.2, 0.25) is 11.8 Å². The second-order valence-corrected chi connectivity index (χ2v) is 14.9. The number of para-hydroxylation sites is 2. The van der Waals surface area contributed by atoms with Gasteiger partial charge in [0, 0.05) is 61.5 Å². The maximum atomic E-state index is 14.5. The van der Waals surface area contributed by atoms with E-state index in [1.54, 1.807) is 48.5 Å². The van der Waals surface area contributed by atoms with Gasteiger partial charge in [0.15, 0.2) is 0 Å². The number of benzene rings is 5. The van der Waals surface area contributed by atoms with Crippen LogP contribution in [0.3, 0.4) is 0 Å². The Labute approximate surface area is 344 Å². The number of piperidine rings is 1. The van der Waals surface area contributed by atoms with E-state index in [1.807, 2.05) is 84.9 Å². The average Bonchev–Trinajstić information content (AvgIpc) is 4.09. The largest absolute Gasteiger partial charge is 0.463 e. The second-order valence-electron chi connectivity index (χ2n) is 14.9. The summed E-state index contributed by atoms with van der Waals surface area (Å²) in [5.41, 5.74) is 4.76. The molecule has 7 rings (SSSR count). The van der Waals surface area contributed by atoms with Crippen LogP contribution in [-0.2, 0) is 14.3 Å². The lowest BCUT2D eigenvalue weighted by atomic mass is 10.0. The van der Waals surface area contributed by atoms with E-state index in [0.29, 0.717) is 79.3 Å². The van der Waals surface area contributed by atoms with Crippen molar-refractivity contribution in [3.05, 3.63) is 133 Å². The van der Waals surface area contributed by atoms with E-state index in [1.165, 1.54) is 12.8 Å². The van der Waals surface area contributed by atoms with Crippen molar-refractivity contribution in [3.63, 3.8) is 0 Å². The van der Waals surface area contributed by atoms with Gasteiger partial charge in [-0.3, -0.25) is 9.59 Å². The highest BCUT2D eigenvalue weighted by Crippen LogP contribution is 2.38. The molecule has 304 valence electrons. The van der Waals surface area contributed by atoms with Crippen LogP contribution in [0, 0.1) is 5.92 Å². The predicted octanol–water partition coefficient (Wildman–Crippen LogP) is 8.88. The second kappa shape index (κ2) is 19.8. The Morgan fingerprint density at radius 2 is 1.15 bits per heavy atom. The Balaban J connectivity index is 0.989. The molecule has 0 radical (unpaired) electrons. The van der Waals surface area contributed by atoms with Crippen LogP contribution in [0.15, 0.2) is 133 Å². The topological polar surface area (TPSA) is 144 Å². The third-order valence-corrected chi connectivity index (χ3v) is 10.5. The third kappa shape index (κ3) is 11.1. The summed E-state index contributed by atoms with van der Waals surface area (Å²) < 4.78 is 6.17. The summed E-state index contributed by atoms with van der Waals surface area (Å²) in [7, 11) is 0. The molecule has 4 N–H and O–H groups in total. The van der Waals surface area contributed by atoms with Crippen LogP contribution < -0.4 is 26.0 Å². The smallest absolute Gasteiger partial charge is 0.434 e. The minimum Gasteiger partial charge on any atom is -0.463 e. The predicted molar refractivity (Wildman–Crippen MR) is 231 cm³/mol. The monoisotopic (exact) mass is 794 g/mol. The number of hydrogen-bond donors (Lipinski definition) is 4. The van der Waals surface area contributed by atoms with E-state index in [4.69, 9.17) is 4.74 Å². The fraction of sp³-hybridized carbons (Fsp3) is 0.277. The van der Waals surface area contributed by atoms with Crippen molar-refractivity contribution >= 4 is 46.8 Å². The number of nitrogens with one attached hydrogen (secondary N) is 3. The van der Waals surface area contributed by atoms with E-state index in [-0.39, 0.29) is 18.2 Å². The number of carboxylic acid groups (broad SMARTS) is 1. The Bertz CT molecular complexity index is 2210. The fourth-order valence-corrected chi connectivity index (χ4v) is 7.28. The fourth-order valence-electron chi connectivity index (χ4n) is 7.28. The highest BCUT2D eigenvalue weighted by molar-refractivity contribution is 6.06. The minimum atomic E-state index is -1.36. The number of likely N-dealkylation sites (tertiary alicyclic amines) is 1. The van der Waals surface area contributed by atoms with Gasteiger partial charge in [-0.1, -0.05) is 103 Å². The van der Waals surface area contributed by atoms with Crippen molar-refractivity contribution in [2.24, 2.45) is 5.92 Å². The standard InChI is InChI=1S/C47H50N6O6/c54-44(24-28-48-33-34-22-23-34)49-37-16-11-17-38(32-37)50-45(55)27-31-51-29-25-39(26-30-51)59-47(58)53(43-21-10-8-19-41(43)36-14-5-2-6-15-36)52(46(56)57)42-20-9-7-18-40(42)35-12-3-1-4-13-35/h1-21,32,34,39,48H,22-31,33H2,(H,49,54)(H,50,55)(H,56,57). The van der Waals surface area contributed by atoms with Crippen LogP contribution in [0.1, 0.15) is 38.5 Å². The molecule has 0 atom stereocenters. The maximum absolute atomic E-state index is 14.5. The van der Waals surface area contributed by atoms with Gasteiger partial charge in [-0.05, 0) is 79.6 Å². The molecule has 5 aromatic rings. The molecule has 0 unspecified atom stereocenters. The number of amides is 4. The van der Waals surface area contributed by atoms with Gasteiger partial charge in [-0.15, -0.1) is 0 Å². The lowest BCUT2D eigenvalue weighted by Crippen LogP contribution is -2.52. The van der Waals surface area contributed by atoms with Crippen LogP contribution in [0.2, 0.25) is 0 Å². The molecule has 2 aliphatic rings. The molecule has 1 heterocycles. The highest BCUT2D eigenvalue weighted by Gasteiger charge is 2.36. The van der Waals surface area contributed by atoms with Gasteiger partial charge >= 0.3 is 12.2 Å². The average molecular weight is 795 g/mol. The van der Waals surface area contributed by atoms with E-state index in [2.05, 4.69) is 20.9 Å². The van der Waals surface area contributed by atoms with Crippen molar-refractivity contribution in [2.45, 2.75) is 44.6 Å². The Kier molecular flexibility index (Phi) is 13.6. The molecular weight excluding hydrogens is 745 g/mol. The summed E-state index contributed by atoms with van der Waals surface area (Å²) in [5, 5.41) is 22.2.